The van der Waals surface area contributed by atoms with Crippen LogP contribution >= 0.6 is 0 Å². The summed E-state index contributed by atoms with van der Waals surface area (Å²) in [7, 11) is 0. The number of nitrogens with zero attached hydrogens (tertiary/aromatic N) is 3. The molecule has 132 valence electrons. The third-order valence-corrected chi connectivity index (χ3v) is 5.28. The summed E-state index contributed by atoms with van der Waals surface area (Å²) in [4.78, 5) is 2.76. The van der Waals surface area contributed by atoms with E-state index in [4.69, 9.17) is 0 Å². The number of unbranched alkanes of at least 4 members (excludes halogenated alkanes) is 6. The van der Waals surface area contributed by atoms with E-state index in [1.165, 1.54) is 82.9 Å². The van der Waals surface area contributed by atoms with E-state index in [1.807, 2.05) is 6.20 Å². The zero-order chi connectivity index (χ0) is 16.3. The van der Waals surface area contributed by atoms with Crippen molar-refractivity contribution in [2.45, 2.75) is 104 Å². The smallest absolute Gasteiger partial charge is 0.0524 e. The van der Waals surface area contributed by atoms with E-state index in [-0.39, 0.29) is 0 Å². The Morgan fingerprint density at radius 3 is 2.43 bits per heavy atom. The monoisotopic (exact) mass is 319 g/mol. The van der Waals surface area contributed by atoms with Crippen molar-refractivity contribution >= 4 is 0 Å². The van der Waals surface area contributed by atoms with Crippen molar-refractivity contribution < 1.29 is 0 Å². The van der Waals surface area contributed by atoms with Crippen LogP contribution in [-0.4, -0.2) is 27.3 Å². The molecule has 0 aromatic carbocycles. The molecule has 0 amide bonds. The van der Waals surface area contributed by atoms with Crippen LogP contribution in [0.1, 0.15) is 90.2 Å². The summed E-state index contributed by atoms with van der Waals surface area (Å²) >= 11 is 0. The van der Waals surface area contributed by atoms with Crippen molar-refractivity contribution in [3.8, 4) is 0 Å². The first kappa shape index (κ1) is 18.5. The lowest BCUT2D eigenvalue weighted by Gasteiger charge is -2.30. The Hall–Kier alpha value is -0.830. The molecule has 0 spiro atoms. The predicted octanol–water partition coefficient (Wildman–Crippen LogP) is 5.40. The van der Waals surface area contributed by atoms with Gasteiger partial charge in [-0.3, -0.25) is 9.58 Å². The zero-order valence-electron chi connectivity index (χ0n) is 15.5. The average Bonchev–Trinajstić information content (AvgIpc) is 2.90. The normalized spacial score (nSPS) is 17.0. The first-order chi connectivity index (χ1) is 11.3. The van der Waals surface area contributed by atoms with Gasteiger partial charge in [-0.05, 0) is 25.3 Å². The van der Waals surface area contributed by atoms with Crippen LogP contribution in [0.4, 0.5) is 0 Å². The Bertz CT molecular complexity index is 413. The lowest BCUT2D eigenvalue weighted by Crippen LogP contribution is -2.35. The van der Waals surface area contributed by atoms with Crippen molar-refractivity contribution in [3.05, 3.63) is 18.0 Å². The van der Waals surface area contributed by atoms with Crippen LogP contribution in [0.2, 0.25) is 0 Å². The van der Waals surface area contributed by atoms with Gasteiger partial charge in [-0.1, -0.05) is 65.2 Å². The fourth-order valence-corrected chi connectivity index (χ4v) is 3.84. The Morgan fingerprint density at radius 1 is 0.957 bits per heavy atom. The second kappa shape index (κ2) is 10.9. The second-order valence-corrected chi connectivity index (χ2v) is 7.22. The van der Waals surface area contributed by atoms with Gasteiger partial charge < -0.3 is 0 Å². The third-order valence-electron chi connectivity index (χ3n) is 5.28. The standard InChI is InChI=1S/C20H37N3/c1-3-5-7-8-10-13-19(12-9-6-4-2)22-16-11-17-23-20(18-22)14-15-21-23/h14-15,19H,3-13,16-18H2,1-2H3. The molecule has 0 bridgehead atoms. The maximum Gasteiger partial charge on any atom is 0.0524 e. The largest absolute Gasteiger partial charge is 0.295 e. The molecule has 0 saturated heterocycles. The average molecular weight is 320 g/mol. The Kier molecular flexibility index (Phi) is 8.73. The van der Waals surface area contributed by atoms with E-state index >= 15 is 0 Å². The van der Waals surface area contributed by atoms with E-state index in [2.05, 4.69) is 34.6 Å². The van der Waals surface area contributed by atoms with Crippen LogP contribution in [0.15, 0.2) is 12.3 Å². The number of hydrogen-bond donors (Lipinski definition) is 0. The molecule has 1 atom stereocenters. The molecule has 1 unspecified atom stereocenters. The fraction of sp³-hybridized carbons (Fsp3) is 0.850. The number of hydrogen-bond acceptors (Lipinski definition) is 2. The minimum absolute atomic E-state index is 0.782. The van der Waals surface area contributed by atoms with Crippen LogP contribution in [0.3, 0.4) is 0 Å². The van der Waals surface area contributed by atoms with Gasteiger partial charge in [0.25, 0.3) is 0 Å². The molecule has 0 fully saturated rings. The SMILES string of the molecule is CCCCCCCC(CCCCC)N1CCCn2nccc2C1. The molecular weight excluding hydrogens is 282 g/mol. The van der Waals surface area contributed by atoms with Gasteiger partial charge in [0.05, 0.1) is 5.69 Å². The van der Waals surface area contributed by atoms with Gasteiger partial charge in [0, 0.05) is 31.9 Å². The van der Waals surface area contributed by atoms with Crippen molar-refractivity contribution in [3.63, 3.8) is 0 Å². The van der Waals surface area contributed by atoms with Crippen LogP contribution in [0.5, 0.6) is 0 Å². The molecule has 1 aliphatic rings. The number of fused-ring (bicyclic) bond motifs is 1. The van der Waals surface area contributed by atoms with E-state index in [0.29, 0.717) is 0 Å². The summed E-state index contributed by atoms with van der Waals surface area (Å²) in [6.07, 6.45) is 17.1. The summed E-state index contributed by atoms with van der Waals surface area (Å²) in [6, 6.07) is 2.99. The van der Waals surface area contributed by atoms with Crippen LogP contribution in [0.25, 0.3) is 0 Å². The van der Waals surface area contributed by atoms with Crippen LogP contribution < -0.4 is 0 Å². The van der Waals surface area contributed by atoms with Crippen LogP contribution in [0, 0.1) is 0 Å². The molecular formula is C20H37N3. The molecule has 3 nitrogen and oxygen atoms in total. The predicted molar refractivity (Wildman–Crippen MR) is 98.6 cm³/mol. The quantitative estimate of drug-likeness (QED) is 0.509. The Labute approximate surface area is 143 Å². The lowest BCUT2D eigenvalue weighted by molar-refractivity contribution is 0.164. The van der Waals surface area contributed by atoms with Gasteiger partial charge in [-0.25, -0.2) is 0 Å². The maximum absolute atomic E-state index is 4.47. The van der Waals surface area contributed by atoms with E-state index in [1.54, 1.807) is 0 Å². The molecule has 2 rings (SSSR count). The van der Waals surface area contributed by atoms with E-state index in [0.717, 1.165) is 19.1 Å². The zero-order valence-corrected chi connectivity index (χ0v) is 15.5. The minimum atomic E-state index is 0.782. The number of aromatic nitrogens is 2. The van der Waals surface area contributed by atoms with Crippen molar-refractivity contribution in [1.82, 2.24) is 14.7 Å². The first-order valence-corrected chi connectivity index (χ1v) is 10.1. The van der Waals surface area contributed by atoms with Gasteiger partial charge in [0.15, 0.2) is 0 Å². The molecule has 2 heterocycles. The van der Waals surface area contributed by atoms with Crippen LogP contribution in [-0.2, 0) is 13.1 Å². The topological polar surface area (TPSA) is 21.1 Å². The first-order valence-electron chi connectivity index (χ1n) is 10.1. The van der Waals surface area contributed by atoms with Gasteiger partial charge >= 0.3 is 0 Å². The van der Waals surface area contributed by atoms with Gasteiger partial charge in [-0.15, -0.1) is 0 Å². The van der Waals surface area contributed by atoms with Crippen molar-refractivity contribution in [1.29, 1.82) is 0 Å². The molecule has 0 saturated carbocycles. The highest BCUT2D eigenvalue weighted by molar-refractivity contribution is 5.02. The summed E-state index contributed by atoms with van der Waals surface area (Å²) in [5.74, 6) is 0. The third kappa shape index (κ3) is 6.29. The Morgan fingerprint density at radius 2 is 1.65 bits per heavy atom. The summed E-state index contributed by atoms with van der Waals surface area (Å²) in [5.41, 5.74) is 1.41. The molecule has 0 aliphatic carbocycles. The fourth-order valence-electron chi connectivity index (χ4n) is 3.84. The highest BCUT2D eigenvalue weighted by Gasteiger charge is 2.21. The summed E-state index contributed by atoms with van der Waals surface area (Å²) in [6.45, 7) is 8.05. The van der Waals surface area contributed by atoms with E-state index < -0.39 is 0 Å². The molecule has 0 N–H and O–H groups in total. The van der Waals surface area contributed by atoms with Gasteiger partial charge in [-0.2, -0.15) is 5.10 Å². The van der Waals surface area contributed by atoms with Crippen molar-refractivity contribution in [2.24, 2.45) is 0 Å². The molecule has 3 heteroatoms. The van der Waals surface area contributed by atoms with Gasteiger partial charge in [0.2, 0.25) is 0 Å². The van der Waals surface area contributed by atoms with Crippen molar-refractivity contribution in [2.75, 3.05) is 6.54 Å². The second-order valence-electron chi connectivity index (χ2n) is 7.22. The number of rotatable bonds is 11. The summed E-state index contributed by atoms with van der Waals surface area (Å²) < 4.78 is 2.21. The molecule has 1 aromatic rings. The minimum Gasteiger partial charge on any atom is -0.295 e. The highest BCUT2D eigenvalue weighted by Crippen LogP contribution is 2.22. The molecule has 23 heavy (non-hydrogen) atoms. The molecule has 1 aromatic heterocycles. The highest BCUT2D eigenvalue weighted by atomic mass is 15.3. The summed E-state index contributed by atoms with van der Waals surface area (Å²) in [5, 5.41) is 4.47. The molecule has 1 aliphatic heterocycles. The van der Waals surface area contributed by atoms with E-state index in [9.17, 15) is 0 Å². The molecule has 0 radical (unpaired) electrons. The lowest BCUT2D eigenvalue weighted by atomic mass is 9.99. The maximum atomic E-state index is 4.47. The number of aryl methyl sites for hydroxylation is 1. The Balaban J connectivity index is 1.86. The van der Waals surface area contributed by atoms with Gasteiger partial charge in [0.1, 0.15) is 0 Å².